The maximum Gasteiger partial charge on any atom is 0.128 e. The third kappa shape index (κ3) is 2.09. The number of nitrogens with two attached hydrogens (primary N) is 1. The molecule has 0 aliphatic carbocycles. The lowest BCUT2D eigenvalue weighted by Gasteiger charge is -2.26. The molecule has 2 rings (SSSR count). The van der Waals surface area contributed by atoms with Gasteiger partial charge in [-0.3, -0.25) is 11.3 Å². The molecule has 0 aromatic heterocycles. The highest BCUT2D eigenvalue weighted by molar-refractivity contribution is 5.22. The molecule has 0 saturated carbocycles. The van der Waals surface area contributed by atoms with Crippen molar-refractivity contribution in [1.82, 2.24) is 5.43 Å². The summed E-state index contributed by atoms with van der Waals surface area (Å²) in [7, 11) is 0. The number of benzene rings is 1. The lowest BCUT2D eigenvalue weighted by molar-refractivity contribution is 0.0596. The molecule has 16 heavy (non-hydrogen) atoms. The number of ether oxygens (including phenoxy) is 1. The van der Waals surface area contributed by atoms with E-state index in [4.69, 9.17) is 10.6 Å². The van der Waals surface area contributed by atoms with Crippen molar-refractivity contribution in [3.63, 3.8) is 0 Å². The van der Waals surface area contributed by atoms with E-state index in [0.717, 1.165) is 13.0 Å². The van der Waals surface area contributed by atoms with Crippen LogP contribution in [-0.4, -0.2) is 12.7 Å². The van der Waals surface area contributed by atoms with Gasteiger partial charge in [0.2, 0.25) is 0 Å². The molecule has 0 amide bonds. The Balaban J connectivity index is 2.25. The number of halogens is 1. The first-order valence-electron chi connectivity index (χ1n) is 5.56. The fourth-order valence-electron chi connectivity index (χ4n) is 2.23. The highest BCUT2D eigenvalue weighted by atomic mass is 19.1. The predicted molar refractivity (Wildman–Crippen MR) is 60.0 cm³/mol. The molecule has 0 bridgehead atoms. The van der Waals surface area contributed by atoms with Gasteiger partial charge in [0.1, 0.15) is 5.82 Å². The van der Waals surface area contributed by atoms with Gasteiger partial charge in [0.25, 0.3) is 0 Å². The minimum absolute atomic E-state index is 0.0538. The molecular weight excluding hydrogens is 207 g/mol. The van der Waals surface area contributed by atoms with E-state index < -0.39 is 0 Å². The van der Waals surface area contributed by atoms with Gasteiger partial charge in [0.05, 0.1) is 12.1 Å². The van der Waals surface area contributed by atoms with E-state index in [1.165, 1.54) is 6.07 Å². The number of hydrazine groups is 1. The summed E-state index contributed by atoms with van der Waals surface area (Å²) in [5, 5.41) is 0. The van der Waals surface area contributed by atoms with Gasteiger partial charge in [-0.1, -0.05) is 25.1 Å². The molecule has 3 atom stereocenters. The van der Waals surface area contributed by atoms with Gasteiger partial charge in [-0.2, -0.15) is 0 Å². The zero-order chi connectivity index (χ0) is 11.5. The molecule has 1 saturated heterocycles. The van der Waals surface area contributed by atoms with E-state index in [1.807, 2.05) is 6.07 Å². The summed E-state index contributed by atoms with van der Waals surface area (Å²) in [5.74, 6) is 5.67. The number of rotatable bonds is 3. The summed E-state index contributed by atoms with van der Waals surface area (Å²) >= 11 is 0. The fourth-order valence-corrected chi connectivity index (χ4v) is 2.23. The average Bonchev–Trinajstić information content (AvgIpc) is 2.69. The lowest BCUT2D eigenvalue weighted by Crippen LogP contribution is -2.39. The Morgan fingerprint density at radius 2 is 2.25 bits per heavy atom. The third-order valence-corrected chi connectivity index (χ3v) is 3.19. The van der Waals surface area contributed by atoms with Crippen LogP contribution in [0.25, 0.3) is 0 Å². The van der Waals surface area contributed by atoms with Gasteiger partial charge in [-0.05, 0) is 18.4 Å². The Morgan fingerprint density at radius 1 is 1.50 bits per heavy atom. The standard InChI is InChI=1S/C12H17FN2O/c1-8-6-7-16-12(8)11(15-14)9-4-2-3-5-10(9)13/h2-5,8,11-12,15H,6-7,14H2,1H3. The molecule has 88 valence electrons. The van der Waals surface area contributed by atoms with E-state index in [2.05, 4.69) is 12.3 Å². The number of hydrogen-bond acceptors (Lipinski definition) is 3. The maximum atomic E-state index is 13.7. The van der Waals surface area contributed by atoms with Gasteiger partial charge in [0.15, 0.2) is 0 Å². The van der Waals surface area contributed by atoms with Crippen LogP contribution in [0, 0.1) is 11.7 Å². The second-order valence-electron chi connectivity index (χ2n) is 4.27. The molecule has 1 aromatic carbocycles. The molecule has 1 aromatic rings. The molecule has 0 spiro atoms. The highest BCUT2D eigenvalue weighted by Gasteiger charge is 2.33. The van der Waals surface area contributed by atoms with Gasteiger partial charge >= 0.3 is 0 Å². The zero-order valence-electron chi connectivity index (χ0n) is 9.32. The topological polar surface area (TPSA) is 47.3 Å². The van der Waals surface area contributed by atoms with Crippen LogP contribution in [0.15, 0.2) is 24.3 Å². The monoisotopic (exact) mass is 224 g/mol. The smallest absolute Gasteiger partial charge is 0.128 e. The van der Waals surface area contributed by atoms with Gasteiger partial charge in [-0.25, -0.2) is 4.39 Å². The summed E-state index contributed by atoms with van der Waals surface area (Å²) in [6.45, 7) is 2.82. The van der Waals surface area contributed by atoms with Gasteiger partial charge < -0.3 is 4.74 Å². The van der Waals surface area contributed by atoms with E-state index in [0.29, 0.717) is 11.5 Å². The van der Waals surface area contributed by atoms with E-state index >= 15 is 0 Å². The SMILES string of the molecule is CC1CCOC1C(NN)c1ccccc1F. The first-order chi connectivity index (χ1) is 7.74. The van der Waals surface area contributed by atoms with Crippen molar-refractivity contribution in [3.8, 4) is 0 Å². The minimum Gasteiger partial charge on any atom is -0.376 e. The first-order valence-corrected chi connectivity index (χ1v) is 5.56. The van der Waals surface area contributed by atoms with Crippen molar-refractivity contribution in [2.75, 3.05) is 6.61 Å². The van der Waals surface area contributed by atoms with Crippen molar-refractivity contribution < 1.29 is 9.13 Å². The molecule has 0 radical (unpaired) electrons. The van der Waals surface area contributed by atoms with Crippen molar-refractivity contribution in [2.24, 2.45) is 11.8 Å². The average molecular weight is 224 g/mol. The van der Waals surface area contributed by atoms with Crippen LogP contribution in [0.4, 0.5) is 4.39 Å². The molecular formula is C12H17FN2O. The molecule has 4 heteroatoms. The minimum atomic E-state index is -0.279. The Labute approximate surface area is 94.8 Å². The molecule has 1 heterocycles. The zero-order valence-corrected chi connectivity index (χ0v) is 9.32. The molecule has 3 nitrogen and oxygen atoms in total. The quantitative estimate of drug-likeness (QED) is 0.607. The summed E-state index contributed by atoms with van der Waals surface area (Å²) in [5.41, 5.74) is 3.24. The normalized spacial score (nSPS) is 26.9. The summed E-state index contributed by atoms with van der Waals surface area (Å²) in [4.78, 5) is 0. The Hall–Kier alpha value is -0.970. The lowest BCUT2D eigenvalue weighted by atomic mass is 9.93. The van der Waals surface area contributed by atoms with Crippen LogP contribution < -0.4 is 11.3 Å². The second kappa shape index (κ2) is 4.91. The van der Waals surface area contributed by atoms with Crippen LogP contribution in [0.3, 0.4) is 0 Å². The van der Waals surface area contributed by atoms with Gasteiger partial charge in [-0.15, -0.1) is 0 Å². The van der Waals surface area contributed by atoms with E-state index in [9.17, 15) is 4.39 Å². The van der Waals surface area contributed by atoms with Crippen LogP contribution >= 0.6 is 0 Å². The molecule has 1 fully saturated rings. The van der Waals surface area contributed by atoms with E-state index in [1.54, 1.807) is 12.1 Å². The Bertz CT molecular complexity index is 359. The highest BCUT2D eigenvalue weighted by Crippen LogP contribution is 2.31. The second-order valence-corrected chi connectivity index (χ2v) is 4.27. The Kier molecular flexibility index (Phi) is 3.53. The van der Waals surface area contributed by atoms with Crippen LogP contribution in [0.5, 0.6) is 0 Å². The molecule has 1 aliphatic rings. The van der Waals surface area contributed by atoms with Crippen LogP contribution in [-0.2, 0) is 4.74 Å². The van der Waals surface area contributed by atoms with Crippen molar-refractivity contribution in [1.29, 1.82) is 0 Å². The van der Waals surface area contributed by atoms with Crippen molar-refractivity contribution in [3.05, 3.63) is 35.6 Å². The molecule has 3 unspecified atom stereocenters. The predicted octanol–water partition coefficient (Wildman–Crippen LogP) is 1.76. The number of hydrogen-bond donors (Lipinski definition) is 2. The summed E-state index contributed by atoms with van der Waals surface area (Å²) in [6, 6.07) is 6.39. The van der Waals surface area contributed by atoms with Crippen LogP contribution in [0.1, 0.15) is 24.9 Å². The maximum absolute atomic E-state index is 13.7. The summed E-state index contributed by atoms with van der Waals surface area (Å²) in [6.07, 6.45) is 0.944. The first kappa shape index (κ1) is 11.5. The Morgan fingerprint density at radius 3 is 2.81 bits per heavy atom. The number of nitrogens with one attached hydrogen (secondary N) is 1. The third-order valence-electron chi connectivity index (χ3n) is 3.19. The molecule has 3 N–H and O–H groups in total. The summed E-state index contributed by atoms with van der Waals surface area (Å²) < 4.78 is 19.3. The fraction of sp³-hybridized carbons (Fsp3) is 0.500. The largest absolute Gasteiger partial charge is 0.376 e. The van der Waals surface area contributed by atoms with Crippen molar-refractivity contribution >= 4 is 0 Å². The van der Waals surface area contributed by atoms with Crippen LogP contribution in [0.2, 0.25) is 0 Å². The van der Waals surface area contributed by atoms with Crippen molar-refractivity contribution in [2.45, 2.75) is 25.5 Å². The van der Waals surface area contributed by atoms with Gasteiger partial charge in [0, 0.05) is 12.2 Å². The molecule has 1 aliphatic heterocycles. The van der Waals surface area contributed by atoms with E-state index in [-0.39, 0.29) is 18.0 Å².